The fourth-order valence-electron chi connectivity index (χ4n) is 2.20. The van der Waals surface area contributed by atoms with E-state index in [2.05, 4.69) is 21.8 Å². The van der Waals surface area contributed by atoms with Crippen molar-refractivity contribution in [2.45, 2.75) is 30.7 Å². The molecule has 0 aliphatic carbocycles. The smallest absolute Gasteiger partial charge is 0.123 e. The van der Waals surface area contributed by atoms with Crippen molar-refractivity contribution in [1.82, 2.24) is 14.9 Å². The standard InChI is InChI=1S/C16H22FN3S/c1-3-18-14(6-9-16-19-10-11-20(16)2)12-21-15-7-4-13(17)5-8-15/h4-5,7-8,10-11,14,18H,3,6,9,12H2,1-2H3. The molecule has 0 spiro atoms. The Hall–Kier alpha value is -1.33. The third kappa shape index (κ3) is 5.17. The number of aryl methyl sites for hydroxylation is 2. The topological polar surface area (TPSA) is 29.9 Å². The maximum Gasteiger partial charge on any atom is 0.123 e. The van der Waals surface area contributed by atoms with Gasteiger partial charge >= 0.3 is 0 Å². The molecule has 114 valence electrons. The molecule has 2 aromatic rings. The Morgan fingerprint density at radius 1 is 1.33 bits per heavy atom. The van der Waals surface area contributed by atoms with Gasteiger partial charge < -0.3 is 9.88 Å². The number of thioether (sulfide) groups is 1. The zero-order valence-corrected chi connectivity index (χ0v) is 13.4. The molecule has 0 radical (unpaired) electrons. The van der Waals surface area contributed by atoms with E-state index in [1.165, 1.54) is 12.1 Å². The summed E-state index contributed by atoms with van der Waals surface area (Å²) in [6, 6.07) is 7.13. The minimum Gasteiger partial charge on any atom is -0.338 e. The highest BCUT2D eigenvalue weighted by Gasteiger charge is 2.10. The molecule has 21 heavy (non-hydrogen) atoms. The van der Waals surface area contributed by atoms with Crippen molar-refractivity contribution in [3.8, 4) is 0 Å². The van der Waals surface area contributed by atoms with Gasteiger partial charge in [-0.25, -0.2) is 9.37 Å². The van der Waals surface area contributed by atoms with Crippen molar-refractivity contribution in [3.05, 3.63) is 48.3 Å². The summed E-state index contributed by atoms with van der Waals surface area (Å²) in [5, 5.41) is 3.51. The second-order valence-corrected chi connectivity index (χ2v) is 6.11. The third-order valence-corrected chi connectivity index (χ3v) is 4.57. The average Bonchev–Trinajstić information content (AvgIpc) is 2.89. The SMILES string of the molecule is CCNC(CCc1nccn1C)CSc1ccc(F)cc1. The van der Waals surface area contributed by atoms with Gasteiger partial charge in [0.05, 0.1) is 0 Å². The number of imidazole rings is 1. The van der Waals surface area contributed by atoms with E-state index in [0.29, 0.717) is 6.04 Å². The number of aromatic nitrogens is 2. The van der Waals surface area contributed by atoms with Crippen LogP contribution in [0.2, 0.25) is 0 Å². The fourth-order valence-corrected chi connectivity index (χ4v) is 3.21. The molecule has 5 heteroatoms. The van der Waals surface area contributed by atoms with E-state index < -0.39 is 0 Å². The largest absolute Gasteiger partial charge is 0.338 e. The minimum atomic E-state index is -0.183. The second-order valence-electron chi connectivity index (χ2n) is 5.01. The van der Waals surface area contributed by atoms with Crippen LogP contribution in [0.3, 0.4) is 0 Å². The number of nitrogens with zero attached hydrogens (tertiary/aromatic N) is 2. The lowest BCUT2D eigenvalue weighted by Crippen LogP contribution is -2.31. The number of halogens is 1. The van der Waals surface area contributed by atoms with Gasteiger partial charge in [0.15, 0.2) is 0 Å². The zero-order valence-electron chi connectivity index (χ0n) is 12.6. The number of hydrogen-bond acceptors (Lipinski definition) is 3. The van der Waals surface area contributed by atoms with Crippen LogP contribution in [-0.2, 0) is 13.5 Å². The van der Waals surface area contributed by atoms with Crippen LogP contribution >= 0.6 is 11.8 Å². The summed E-state index contributed by atoms with van der Waals surface area (Å²) in [6.45, 7) is 3.07. The van der Waals surface area contributed by atoms with Gasteiger partial charge in [0.1, 0.15) is 11.6 Å². The lowest BCUT2D eigenvalue weighted by atomic mass is 10.2. The molecule has 1 unspecified atom stereocenters. The van der Waals surface area contributed by atoms with Crippen molar-refractivity contribution >= 4 is 11.8 Å². The Balaban J connectivity index is 1.83. The molecule has 0 fully saturated rings. The van der Waals surface area contributed by atoms with Gasteiger partial charge in [-0.2, -0.15) is 0 Å². The molecule has 1 N–H and O–H groups in total. The van der Waals surface area contributed by atoms with Gasteiger partial charge in [-0.1, -0.05) is 6.92 Å². The number of benzene rings is 1. The summed E-state index contributed by atoms with van der Waals surface area (Å²) in [5.41, 5.74) is 0. The van der Waals surface area contributed by atoms with Gasteiger partial charge in [-0.3, -0.25) is 0 Å². The van der Waals surface area contributed by atoms with Crippen molar-refractivity contribution in [1.29, 1.82) is 0 Å². The average molecular weight is 307 g/mol. The molecular weight excluding hydrogens is 285 g/mol. The molecule has 0 bridgehead atoms. The predicted octanol–water partition coefficient (Wildman–Crippen LogP) is 3.26. The molecule has 0 aliphatic rings. The molecular formula is C16H22FN3S. The maximum absolute atomic E-state index is 12.9. The Kier molecular flexibility index (Phi) is 6.26. The highest BCUT2D eigenvalue weighted by atomic mass is 32.2. The molecule has 1 aromatic heterocycles. The van der Waals surface area contributed by atoms with E-state index in [-0.39, 0.29) is 5.82 Å². The summed E-state index contributed by atoms with van der Waals surface area (Å²) in [5.74, 6) is 1.91. The first-order chi connectivity index (χ1) is 10.2. The lowest BCUT2D eigenvalue weighted by Gasteiger charge is -2.17. The first-order valence-electron chi connectivity index (χ1n) is 7.27. The van der Waals surface area contributed by atoms with Crippen LogP contribution in [-0.4, -0.2) is 27.9 Å². The molecule has 0 saturated heterocycles. The Morgan fingerprint density at radius 2 is 2.10 bits per heavy atom. The monoisotopic (exact) mass is 307 g/mol. The maximum atomic E-state index is 12.9. The van der Waals surface area contributed by atoms with Crippen LogP contribution in [0.25, 0.3) is 0 Å². The van der Waals surface area contributed by atoms with Crippen LogP contribution in [0.5, 0.6) is 0 Å². The second kappa shape index (κ2) is 8.20. The van der Waals surface area contributed by atoms with Crippen LogP contribution in [0.15, 0.2) is 41.6 Å². The quantitative estimate of drug-likeness (QED) is 0.759. The molecule has 1 atom stereocenters. The molecule has 1 heterocycles. The van der Waals surface area contributed by atoms with E-state index >= 15 is 0 Å². The van der Waals surface area contributed by atoms with E-state index in [9.17, 15) is 4.39 Å². The normalized spacial score (nSPS) is 12.5. The number of nitrogens with one attached hydrogen (secondary N) is 1. The number of hydrogen-bond donors (Lipinski definition) is 1. The van der Waals surface area contributed by atoms with Crippen LogP contribution in [0.1, 0.15) is 19.2 Å². The molecule has 1 aromatic carbocycles. The van der Waals surface area contributed by atoms with E-state index in [1.807, 2.05) is 31.6 Å². The van der Waals surface area contributed by atoms with E-state index in [0.717, 1.165) is 35.9 Å². The van der Waals surface area contributed by atoms with Crippen molar-refractivity contribution in [2.75, 3.05) is 12.3 Å². The molecule has 2 rings (SSSR count). The third-order valence-electron chi connectivity index (χ3n) is 3.39. The predicted molar refractivity (Wildman–Crippen MR) is 86.1 cm³/mol. The number of rotatable bonds is 8. The Morgan fingerprint density at radius 3 is 2.71 bits per heavy atom. The first kappa shape index (κ1) is 16.0. The van der Waals surface area contributed by atoms with Gasteiger partial charge in [-0.05, 0) is 37.2 Å². The van der Waals surface area contributed by atoms with Gasteiger partial charge in [-0.15, -0.1) is 11.8 Å². The lowest BCUT2D eigenvalue weighted by molar-refractivity contribution is 0.526. The fraction of sp³-hybridized carbons (Fsp3) is 0.438. The van der Waals surface area contributed by atoms with E-state index in [4.69, 9.17) is 0 Å². The summed E-state index contributed by atoms with van der Waals surface area (Å²) < 4.78 is 15.0. The molecule has 0 aliphatic heterocycles. The highest BCUT2D eigenvalue weighted by Crippen LogP contribution is 2.20. The minimum absolute atomic E-state index is 0.183. The Bertz CT molecular complexity index is 539. The summed E-state index contributed by atoms with van der Waals surface area (Å²) in [6.07, 6.45) is 5.83. The highest BCUT2D eigenvalue weighted by molar-refractivity contribution is 7.99. The zero-order chi connectivity index (χ0) is 15.1. The van der Waals surface area contributed by atoms with Crippen molar-refractivity contribution in [2.24, 2.45) is 7.05 Å². The van der Waals surface area contributed by atoms with Gasteiger partial charge in [0, 0.05) is 42.6 Å². The van der Waals surface area contributed by atoms with Crippen LogP contribution in [0, 0.1) is 5.82 Å². The Labute approximate surface area is 130 Å². The van der Waals surface area contributed by atoms with E-state index in [1.54, 1.807) is 11.8 Å². The van der Waals surface area contributed by atoms with Crippen LogP contribution in [0.4, 0.5) is 4.39 Å². The molecule has 0 saturated carbocycles. The molecule has 3 nitrogen and oxygen atoms in total. The summed E-state index contributed by atoms with van der Waals surface area (Å²) >= 11 is 1.76. The van der Waals surface area contributed by atoms with Gasteiger partial charge in [0.25, 0.3) is 0 Å². The van der Waals surface area contributed by atoms with Crippen LogP contribution < -0.4 is 5.32 Å². The van der Waals surface area contributed by atoms with Crippen molar-refractivity contribution in [3.63, 3.8) is 0 Å². The van der Waals surface area contributed by atoms with Gasteiger partial charge in [0.2, 0.25) is 0 Å². The molecule has 0 amide bonds. The van der Waals surface area contributed by atoms with Crippen molar-refractivity contribution < 1.29 is 4.39 Å². The summed E-state index contributed by atoms with van der Waals surface area (Å²) in [4.78, 5) is 5.47. The summed E-state index contributed by atoms with van der Waals surface area (Å²) in [7, 11) is 2.03. The first-order valence-corrected chi connectivity index (χ1v) is 8.25.